The number of aliphatic hydroxyl groups excluding tert-OH is 1. The van der Waals surface area contributed by atoms with E-state index in [-0.39, 0.29) is 24.3 Å². The minimum atomic E-state index is -4.65. The smallest absolute Gasteiger partial charge is 0.451 e. The van der Waals surface area contributed by atoms with Crippen LogP contribution in [0.15, 0.2) is 36.8 Å². The van der Waals surface area contributed by atoms with E-state index in [0.29, 0.717) is 11.1 Å². The first-order valence-electron chi connectivity index (χ1n) is 10.3. The van der Waals surface area contributed by atoms with Crippen LogP contribution in [-0.2, 0) is 10.9 Å². The van der Waals surface area contributed by atoms with E-state index in [1.54, 1.807) is 31.3 Å². The Morgan fingerprint density at radius 2 is 2.00 bits per heavy atom. The minimum Gasteiger partial charge on any atom is -0.487 e. The van der Waals surface area contributed by atoms with Crippen LogP contribution in [0.4, 0.5) is 13.2 Å². The summed E-state index contributed by atoms with van der Waals surface area (Å²) >= 11 is 1.47. The molecule has 0 saturated carbocycles. The molecule has 1 saturated heterocycles. The first-order chi connectivity index (χ1) is 16.1. The molecule has 1 aromatic carbocycles. The van der Waals surface area contributed by atoms with E-state index in [0.717, 1.165) is 22.3 Å². The number of amides is 1. The third-order valence-electron chi connectivity index (χ3n) is 5.10. The van der Waals surface area contributed by atoms with E-state index in [1.807, 2.05) is 6.92 Å². The number of nitrogens with zero attached hydrogens (tertiary/aromatic N) is 3. The minimum absolute atomic E-state index is 0.176. The highest BCUT2D eigenvalue weighted by Crippen LogP contribution is 2.32. The number of benzene rings is 1. The highest BCUT2D eigenvalue weighted by molar-refractivity contribution is 7.14. The molecule has 3 aromatic rings. The predicted molar refractivity (Wildman–Crippen MR) is 116 cm³/mol. The fourth-order valence-electron chi connectivity index (χ4n) is 3.34. The molecule has 8 nitrogen and oxygen atoms in total. The van der Waals surface area contributed by atoms with Crippen LogP contribution < -0.4 is 10.1 Å². The maximum Gasteiger partial charge on any atom is 0.451 e. The summed E-state index contributed by atoms with van der Waals surface area (Å²) in [6.45, 7) is 3.71. The van der Waals surface area contributed by atoms with Gasteiger partial charge in [-0.15, -0.1) is 11.3 Å². The van der Waals surface area contributed by atoms with Crippen molar-refractivity contribution in [3.8, 4) is 16.3 Å². The number of aromatic nitrogens is 3. The van der Waals surface area contributed by atoms with Crippen molar-refractivity contribution in [2.45, 2.75) is 44.9 Å². The van der Waals surface area contributed by atoms with E-state index in [4.69, 9.17) is 9.47 Å². The zero-order chi connectivity index (χ0) is 24.5. The summed E-state index contributed by atoms with van der Waals surface area (Å²) in [5.41, 5.74) is 1.23. The van der Waals surface area contributed by atoms with Gasteiger partial charge in [0.25, 0.3) is 5.91 Å². The van der Waals surface area contributed by atoms with E-state index >= 15 is 0 Å². The molecule has 2 aromatic heterocycles. The number of hydrogen-bond donors (Lipinski definition) is 2. The van der Waals surface area contributed by atoms with Crippen molar-refractivity contribution >= 4 is 17.2 Å². The summed E-state index contributed by atoms with van der Waals surface area (Å²) in [7, 11) is 0. The molecule has 1 unspecified atom stereocenters. The van der Waals surface area contributed by atoms with Crippen molar-refractivity contribution in [2.24, 2.45) is 0 Å². The molecule has 0 bridgehead atoms. The van der Waals surface area contributed by atoms with Crippen molar-refractivity contribution in [1.82, 2.24) is 20.3 Å². The SMILES string of the molecule is Cc1cnc(-c2ccc(O[C@H]3CO[C@@H](O)C3)c(C(=O)NC(C)c3cnc(C(F)(F)F)nc3)c2)s1. The Balaban J connectivity index is 1.58. The van der Waals surface area contributed by atoms with Gasteiger partial charge in [0.15, 0.2) is 6.29 Å². The van der Waals surface area contributed by atoms with Gasteiger partial charge in [0.1, 0.15) is 16.9 Å². The van der Waals surface area contributed by atoms with Gasteiger partial charge in [0.2, 0.25) is 5.82 Å². The lowest BCUT2D eigenvalue weighted by Gasteiger charge is -2.19. The Kier molecular flexibility index (Phi) is 6.82. The quantitative estimate of drug-likeness (QED) is 0.535. The van der Waals surface area contributed by atoms with Crippen LogP contribution in [0.3, 0.4) is 0 Å². The van der Waals surface area contributed by atoms with Crippen molar-refractivity contribution in [3.05, 3.63) is 58.6 Å². The molecule has 1 fully saturated rings. The molecule has 34 heavy (non-hydrogen) atoms. The van der Waals surface area contributed by atoms with Gasteiger partial charge in [0, 0.05) is 41.0 Å². The van der Waals surface area contributed by atoms with Crippen LogP contribution in [-0.4, -0.2) is 45.0 Å². The molecule has 3 heterocycles. The van der Waals surface area contributed by atoms with Gasteiger partial charge in [-0.05, 0) is 32.0 Å². The molecule has 0 aliphatic carbocycles. The van der Waals surface area contributed by atoms with Gasteiger partial charge in [-0.3, -0.25) is 4.79 Å². The second-order valence-electron chi connectivity index (χ2n) is 7.78. The number of aryl methyl sites for hydroxylation is 1. The van der Waals surface area contributed by atoms with Gasteiger partial charge < -0.3 is 19.9 Å². The molecule has 1 aliphatic heterocycles. The average Bonchev–Trinajstić information content (AvgIpc) is 3.41. The summed E-state index contributed by atoms with van der Waals surface area (Å²) in [5, 5.41) is 13.1. The third kappa shape index (κ3) is 5.51. The van der Waals surface area contributed by atoms with E-state index in [9.17, 15) is 23.1 Å². The Morgan fingerprint density at radius 3 is 2.59 bits per heavy atom. The molecule has 3 atom stereocenters. The summed E-state index contributed by atoms with van der Waals surface area (Å²) in [6, 6.07) is 4.40. The summed E-state index contributed by atoms with van der Waals surface area (Å²) in [5.74, 6) is -1.47. The molecular weight excluding hydrogens is 473 g/mol. The maximum absolute atomic E-state index is 13.2. The molecule has 1 aliphatic rings. The second-order valence-corrected chi connectivity index (χ2v) is 9.02. The molecule has 0 spiro atoms. The lowest BCUT2D eigenvalue weighted by atomic mass is 10.1. The topological polar surface area (TPSA) is 106 Å². The number of ether oxygens (including phenoxy) is 2. The number of halogens is 3. The van der Waals surface area contributed by atoms with Crippen molar-refractivity contribution < 1.29 is 32.5 Å². The van der Waals surface area contributed by atoms with Gasteiger partial charge in [0.05, 0.1) is 18.2 Å². The molecular formula is C22H21F3N4O4S. The fraction of sp³-hybridized carbons (Fsp3) is 0.364. The highest BCUT2D eigenvalue weighted by atomic mass is 32.1. The van der Waals surface area contributed by atoms with E-state index in [1.165, 1.54) is 11.3 Å². The monoisotopic (exact) mass is 494 g/mol. The van der Waals surface area contributed by atoms with Crippen molar-refractivity contribution in [3.63, 3.8) is 0 Å². The summed E-state index contributed by atoms with van der Waals surface area (Å²) in [4.78, 5) is 25.2. The summed E-state index contributed by atoms with van der Waals surface area (Å²) < 4.78 is 49.2. The molecule has 1 amide bonds. The van der Waals surface area contributed by atoms with Crippen LogP contribution in [0.1, 0.15) is 46.0 Å². The fourth-order valence-corrected chi connectivity index (χ4v) is 4.10. The Morgan fingerprint density at radius 1 is 1.26 bits per heavy atom. The first kappa shape index (κ1) is 24.0. The van der Waals surface area contributed by atoms with Gasteiger partial charge >= 0.3 is 6.18 Å². The Hall–Kier alpha value is -3.09. The van der Waals surface area contributed by atoms with E-state index < -0.39 is 36.3 Å². The van der Waals surface area contributed by atoms with Gasteiger partial charge in [-0.1, -0.05) is 0 Å². The lowest BCUT2D eigenvalue weighted by Crippen LogP contribution is -2.28. The normalized spacial score (nSPS) is 19.1. The van der Waals surface area contributed by atoms with Crippen molar-refractivity contribution in [2.75, 3.05) is 6.61 Å². The van der Waals surface area contributed by atoms with Crippen LogP contribution in [0.2, 0.25) is 0 Å². The second kappa shape index (κ2) is 9.65. The molecule has 2 N–H and O–H groups in total. The number of aliphatic hydroxyl groups is 1. The average molecular weight is 494 g/mol. The number of alkyl halides is 3. The molecule has 0 radical (unpaired) electrons. The highest BCUT2D eigenvalue weighted by Gasteiger charge is 2.34. The number of carbonyl (C=O) groups excluding carboxylic acids is 1. The van der Waals surface area contributed by atoms with Gasteiger partial charge in [-0.2, -0.15) is 13.2 Å². The number of carbonyl (C=O) groups is 1. The third-order valence-corrected chi connectivity index (χ3v) is 6.06. The lowest BCUT2D eigenvalue weighted by molar-refractivity contribution is -0.145. The van der Waals surface area contributed by atoms with Crippen LogP contribution >= 0.6 is 11.3 Å². The number of hydrogen-bond acceptors (Lipinski definition) is 8. The zero-order valence-electron chi connectivity index (χ0n) is 18.2. The maximum atomic E-state index is 13.2. The zero-order valence-corrected chi connectivity index (χ0v) is 19.0. The summed E-state index contributed by atoms with van der Waals surface area (Å²) in [6.07, 6.45) is -1.96. The Labute approximate surface area is 196 Å². The predicted octanol–water partition coefficient (Wildman–Crippen LogP) is 3.90. The van der Waals surface area contributed by atoms with Crippen molar-refractivity contribution in [1.29, 1.82) is 0 Å². The number of rotatable bonds is 6. The van der Waals surface area contributed by atoms with E-state index in [2.05, 4.69) is 20.3 Å². The number of thiazole rings is 1. The molecule has 4 rings (SSSR count). The molecule has 180 valence electrons. The first-order valence-corrected chi connectivity index (χ1v) is 11.1. The molecule has 12 heteroatoms. The van der Waals surface area contributed by atoms with Crippen LogP contribution in [0.25, 0.3) is 10.6 Å². The number of nitrogens with one attached hydrogen (secondary N) is 1. The van der Waals surface area contributed by atoms with Crippen LogP contribution in [0.5, 0.6) is 5.75 Å². The standard InChI is InChI=1S/C22H21F3N4O4S/c1-11-7-26-20(34-11)13-3-4-17(33-15-6-18(30)32-10-15)16(5-13)19(31)29-12(2)14-8-27-21(28-9-14)22(23,24)25/h3-5,7-9,12,15,18,30H,6,10H2,1-2H3,(H,29,31)/t12?,15-,18-/m1/s1. The largest absolute Gasteiger partial charge is 0.487 e. The van der Waals surface area contributed by atoms with Crippen LogP contribution in [0, 0.1) is 6.92 Å². The Bertz CT molecular complexity index is 1170. The van der Waals surface area contributed by atoms with Gasteiger partial charge in [-0.25, -0.2) is 15.0 Å².